The van der Waals surface area contributed by atoms with Gasteiger partial charge in [-0.05, 0) is 0 Å². The van der Waals surface area contributed by atoms with Crippen LogP contribution in [0.1, 0.15) is 158 Å². The molecule has 338 valence electrons. The third-order valence-electron chi connectivity index (χ3n) is 14.2. The van der Waals surface area contributed by atoms with Crippen LogP contribution in [0.15, 0.2) is 24.3 Å². The summed E-state index contributed by atoms with van der Waals surface area (Å²) in [7, 11) is -9.12. The van der Waals surface area contributed by atoms with Gasteiger partial charge in [-0.15, -0.1) is 0 Å². The summed E-state index contributed by atoms with van der Waals surface area (Å²) in [6.45, 7) is 63.6. The molecule has 0 spiro atoms. The summed E-state index contributed by atoms with van der Waals surface area (Å²) in [6.07, 6.45) is 10.2. The molecule has 2 radical (unpaired) electrons. The molecule has 0 saturated carbocycles. The average molecular weight is 1010 g/mol. The molecule has 2 aromatic rings. The van der Waals surface area contributed by atoms with E-state index in [1.807, 2.05) is 16.7 Å². The van der Waals surface area contributed by atoms with Crippen molar-refractivity contribution in [3.05, 3.63) is 68.8 Å². The first-order valence-electron chi connectivity index (χ1n) is 24.9. The molecule has 2 aromatic carbocycles. The van der Waals surface area contributed by atoms with E-state index in [4.69, 9.17) is 0 Å². The fraction of sp³-hybridized carbons (Fsp3) is 0.769. The Bertz CT molecular complexity index is 1460. The van der Waals surface area contributed by atoms with E-state index in [1.54, 1.807) is 27.8 Å². The molecule has 2 rings (SSSR count). The Morgan fingerprint density at radius 3 is 0.847 bits per heavy atom. The number of rotatable bonds is 24. The molecule has 0 aliphatic carbocycles. The quantitative estimate of drug-likeness (QED) is 0.0726. The van der Waals surface area contributed by atoms with Crippen LogP contribution >= 0.6 is 0 Å². The van der Waals surface area contributed by atoms with Gasteiger partial charge in [-0.25, -0.2) is 0 Å². The molecule has 0 saturated heterocycles. The van der Waals surface area contributed by atoms with Crippen molar-refractivity contribution in [2.45, 2.75) is 253 Å². The Balaban J connectivity index is 2.93. The molecule has 59 heavy (non-hydrogen) atoms. The predicted octanol–water partition coefficient (Wildman–Crippen LogP) is 18.2. The number of benzene rings is 2. The van der Waals surface area contributed by atoms with Crippen LogP contribution in [0.2, 0.25) is 127 Å². The van der Waals surface area contributed by atoms with E-state index in [-0.39, 0.29) is 0 Å². The van der Waals surface area contributed by atoms with Crippen molar-refractivity contribution in [2.24, 2.45) is 0 Å². The first kappa shape index (κ1) is 55.7. The first-order chi connectivity index (χ1) is 26.8. The zero-order chi connectivity index (χ0) is 45.7. The van der Waals surface area contributed by atoms with Crippen molar-refractivity contribution in [3.8, 4) is 0 Å². The Kier molecular flexibility index (Phi) is 20.9. The fourth-order valence-electron chi connectivity index (χ4n) is 13.2. The molecule has 0 atom stereocenters. The van der Waals surface area contributed by atoms with Crippen LogP contribution in [0.25, 0.3) is 0 Å². The molecular formula is C52H102Si6Sn. The molecule has 0 aliphatic rings. The second kappa shape index (κ2) is 22.2. The van der Waals surface area contributed by atoms with Crippen molar-refractivity contribution < 1.29 is 0 Å². The van der Waals surface area contributed by atoms with Crippen LogP contribution in [0.3, 0.4) is 0 Å². The summed E-state index contributed by atoms with van der Waals surface area (Å²) in [5.74, 6) is 2.08. The molecular weight excluding hydrogens is 912 g/mol. The first-order valence-corrected chi connectivity index (χ1v) is 50.4. The summed E-state index contributed by atoms with van der Waals surface area (Å²) in [4.78, 5) is 0. The molecule has 0 amide bonds. The van der Waals surface area contributed by atoms with Crippen LogP contribution in [-0.4, -0.2) is 69.6 Å². The zero-order valence-electron chi connectivity index (χ0n) is 44.3. The van der Waals surface area contributed by atoms with Gasteiger partial charge in [0.1, 0.15) is 0 Å². The van der Waals surface area contributed by atoms with Crippen molar-refractivity contribution in [2.75, 3.05) is 0 Å². The van der Waals surface area contributed by atoms with Crippen LogP contribution < -0.4 is 0 Å². The summed E-state index contributed by atoms with van der Waals surface area (Å²) >= 11 is -0.600. The molecule has 0 fully saturated rings. The standard InChI is InChI=1S/C29H63Si6.C23H39.Sn/c1-20-24-25(28(32(8,9)10)33(11,12)13)21-23(27(30(2,3)4)31(5,6)7)22-26(24)29(34(14,15)16)35(17,18)19;1-8-17(9-2)20-15-22(18(10-3)11-4)21(14-7)23(16-20)19(12-5)13-6;/h21-22,27-29H,1,20H2,2-19H3;15-19H,7-14H2,1-6H3;. The van der Waals surface area contributed by atoms with Crippen molar-refractivity contribution in [1.82, 2.24) is 0 Å². The van der Waals surface area contributed by atoms with Crippen LogP contribution in [0, 0.1) is 0 Å². The molecule has 0 nitrogen and oxygen atoms in total. The zero-order valence-corrected chi connectivity index (χ0v) is 53.2. The third-order valence-corrected chi connectivity index (χ3v) is 45.6. The monoisotopic (exact) mass is 1010 g/mol. The van der Waals surface area contributed by atoms with Crippen molar-refractivity contribution >= 4 is 69.6 Å². The van der Waals surface area contributed by atoms with E-state index in [2.05, 4.69) is 184 Å². The van der Waals surface area contributed by atoms with E-state index in [0.717, 1.165) is 15.5 Å². The van der Waals surface area contributed by atoms with E-state index >= 15 is 0 Å². The predicted molar refractivity (Wildman–Crippen MR) is 294 cm³/mol. The Hall–Kier alpha value is 0.540. The fourth-order valence-corrected chi connectivity index (χ4v) is 54.7. The van der Waals surface area contributed by atoms with Gasteiger partial charge in [0, 0.05) is 0 Å². The maximum atomic E-state index is 2.95. The van der Waals surface area contributed by atoms with Gasteiger partial charge in [0.25, 0.3) is 0 Å². The van der Waals surface area contributed by atoms with E-state index < -0.39 is 69.6 Å². The molecule has 0 heterocycles. The Labute approximate surface area is 388 Å². The van der Waals surface area contributed by atoms with Gasteiger partial charge in [0.2, 0.25) is 0 Å². The number of hydrogen-bond donors (Lipinski definition) is 0. The summed E-state index contributed by atoms with van der Waals surface area (Å²) in [6, 6.07) is 11.4. The summed E-state index contributed by atoms with van der Waals surface area (Å²) in [5, 5.41) is 2.37. The normalized spacial score (nSPS) is 14.1. The van der Waals surface area contributed by atoms with Gasteiger partial charge in [0.05, 0.1) is 0 Å². The van der Waals surface area contributed by atoms with Crippen molar-refractivity contribution in [1.29, 1.82) is 0 Å². The van der Waals surface area contributed by atoms with Gasteiger partial charge in [-0.3, -0.25) is 0 Å². The minimum absolute atomic E-state index is 0.600. The van der Waals surface area contributed by atoms with Crippen molar-refractivity contribution in [3.63, 3.8) is 0 Å². The van der Waals surface area contributed by atoms with E-state index in [0.29, 0.717) is 17.8 Å². The molecule has 0 aliphatic heterocycles. The van der Waals surface area contributed by atoms with Crippen LogP contribution in [0.5, 0.6) is 0 Å². The Morgan fingerprint density at radius 1 is 0.339 bits per heavy atom. The minimum atomic E-state index is -1.54. The molecule has 7 heteroatoms. The van der Waals surface area contributed by atoms with Gasteiger partial charge in [0.15, 0.2) is 0 Å². The second-order valence-corrected chi connectivity index (χ2v) is 63.5. The number of hydrogen-bond acceptors (Lipinski definition) is 0. The van der Waals surface area contributed by atoms with Gasteiger partial charge in [-0.1, -0.05) is 0 Å². The van der Waals surface area contributed by atoms with Crippen LogP contribution in [-0.2, 0) is 12.8 Å². The summed E-state index contributed by atoms with van der Waals surface area (Å²) < 4.78 is 2.98. The Morgan fingerprint density at radius 2 is 0.593 bits per heavy atom. The molecule has 0 bridgehead atoms. The topological polar surface area (TPSA) is 0 Å². The average Bonchev–Trinajstić information content (AvgIpc) is 3.04. The maximum absolute atomic E-state index is 2.95. The van der Waals surface area contributed by atoms with E-state index in [9.17, 15) is 0 Å². The van der Waals surface area contributed by atoms with Gasteiger partial charge in [-0.2, -0.15) is 0 Å². The molecule has 0 aromatic heterocycles. The van der Waals surface area contributed by atoms with E-state index in [1.165, 1.54) is 60.2 Å². The SMILES string of the molecule is CCC(CC)c1cc(C(CC)CC)c(C[CH2][Sn][CH2]Cc2c(C([Si](C)(C)C)[Si](C)(C)C)cc(C([Si](C)(C)C)[Si](C)(C)C)cc2C([Si](C)(C)C)[Si](C)(C)C)c(C(CC)CC)c1. The third kappa shape index (κ3) is 14.8. The second-order valence-electron chi connectivity index (χ2n) is 25.6. The van der Waals surface area contributed by atoms with Gasteiger partial charge < -0.3 is 0 Å². The molecule has 0 unspecified atom stereocenters. The molecule has 0 N–H and O–H groups in total. The van der Waals surface area contributed by atoms with Crippen LogP contribution in [0.4, 0.5) is 0 Å². The van der Waals surface area contributed by atoms with Gasteiger partial charge >= 0.3 is 391 Å². The summed E-state index contributed by atoms with van der Waals surface area (Å²) in [5.41, 5.74) is 14.4.